The molecule has 0 unspecified atom stereocenters. The van der Waals surface area contributed by atoms with Crippen LogP contribution in [0, 0.1) is 5.92 Å². The number of Topliss-reactive ketones (excluding diaryl/α,β-unsaturated/α-hetero) is 1. The molecular formula is C10H8Cl2O2. The van der Waals surface area contributed by atoms with Gasteiger partial charge in [0.15, 0.2) is 5.78 Å². The van der Waals surface area contributed by atoms with Crippen molar-refractivity contribution >= 4 is 29.0 Å². The lowest BCUT2D eigenvalue weighted by atomic mass is 10.1. The molecule has 1 N–H and O–H groups in total. The number of ketones is 1. The van der Waals surface area contributed by atoms with Gasteiger partial charge in [0.05, 0.1) is 10.0 Å². The summed E-state index contributed by atoms with van der Waals surface area (Å²) in [7, 11) is 0. The number of phenols is 1. The van der Waals surface area contributed by atoms with Crippen LogP contribution in [0.2, 0.25) is 10.0 Å². The first-order valence-electron chi connectivity index (χ1n) is 4.32. The Hall–Kier alpha value is -0.730. The molecule has 0 aromatic heterocycles. The van der Waals surface area contributed by atoms with E-state index in [1.54, 1.807) is 0 Å². The van der Waals surface area contributed by atoms with E-state index < -0.39 is 0 Å². The molecule has 1 aromatic carbocycles. The Morgan fingerprint density at radius 2 is 1.93 bits per heavy atom. The maximum atomic E-state index is 11.7. The summed E-state index contributed by atoms with van der Waals surface area (Å²) in [4.78, 5) is 11.7. The topological polar surface area (TPSA) is 37.3 Å². The number of hydrogen-bond acceptors (Lipinski definition) is 2. The molecule has 0 spiro atoms. The van der Waals surface area contributed by atoms with E-state index in [1.165, 1.54) is 12.1 Å². The molecule has 2 nitrogen and oxygen atoms in total. The first kappa shape index (κ1) is 9.81. The zero-order valence-electron chi connectivity index (χ0n) is 7.26. The summed E-state index contributed by atoms with van der Waals surface area (Å²) >= 11 is 11.5. The summed E-state index contributed by atoms with van der Waals surface area (Å²) in [5, 5.41) is 9.67. The summed E-state index contributed by atoms with van der Waals surface area (Å²) in [6, 6.07) is 2.74. The van der Waals surface area contributed by atoms with Crippen molar-refractivity contribution in [3.05, 3.63) is 27.7 Å². The van der Waals surface area contributed by atoms with Gasteiger partial charge in [0.2, 0.25) is 0 Å². The van der Waals surface area contributed by atoms with Crippen LogP contribution in [0.3, 0.4) is 0 Å². The number of carbonyl (C=O) groups excluding carboxylic acids is 1. The molecule has 0 amide bonds. The quantitative estimate of drug-likeness (QED) is 0.793. The standard InChI is InChI=1S/C10H8Cl2O2/c11-7-4-9(13)8(12)3-6(7)10(14)5-1-2-5/h3-5,13H,1-2H2. The molecule has 1 aliphatic rings. The van der Waals surface area contributed by atoms with Gasteiger partial charge in [0.25, 0.3) is 0 Å². The fraction of sp³-hybridized carbons (Fsp3) is 0.300. The first-order chi connectivity index (χ1) is 6.59. The third kappa shape index (κ3) is 1.72. The average Bonchev–Trinajstić information content (AvgIpc) is 2.93. The second-order valence-corrected chi connectivity index (χ2v) is 4.24. The molecule has 0 aliphatic heterocycles. The zero-order chi connectivity index (χ0) is 10.3. The first-order valence-corrected chi connectivity index (χ1v) is 5.07. The number of phenolic OH excluding ortho intramolecular Hbond substituents is 1. The van der Waals surface area contributed by atoms with E-state index in [4.69, 9.17) is 23.2 Å². The van der Waals surface area contributed by atoms with Gasteiger partial charge in [-0.15, -0.1) is 0 Å². The fourth-order valence-corrected chi connectivity index (χ4v) is 1.71. The fourth-order valence-electron chi connectivity index (χ4n) is 1.29. The molecule has 1 saturated carbocycles. The van der Waals surface area contributed by atoms with E-state index in [9.17, 15) is 9.90 Å². The highest BCUT2D eigenvalue weighted by molar-refractivity contribution is 6.36. The third-order valence-electron chi connectivity index (χ3n) is 2.25. The van der Waals surface area contributed by atoms with Gasteiger partial charge < -0.3 is 5.11 Å². The lowest BCUT2D eigenvalue weighted by molar-refractivity contribution is 0.0968. The SMILES string of the molecule is O=C(c1cc(Cl)c(O)cc1Cl)C1CC1. The van der Waals surface area contributed by atoms with Crippen molar-refractivity contribution in [1.82, 2.24) is 0 Å². The van der Waals surface area contributed by atoms with Crippen molar-refractivity contribution in [2.24, 2.45) is 5.92 Å². The summed E-state index contributed by atoms with van der Waals surface area (Å²) in [5.74, 6) is 0.0361. The smallest absolute Gasteiger partial charge is 0.167 e. The van der Waals surface area contributed by atoms with Crippen LogP contribution < -0.4 is 0 Å². The molecule has 0 radical (unpaired) electrons. The maximum absolute atomic E-state index is 11.7. The highest BCUT2D eigenvalue weighted by Gasteiger charge is 2.31. The van der Waals surface area contributed by atoms with Crippen LogP contribution in [0.1, 0.15) is 23.2 Å². The molecule has 0 bridgehead atoms. The summed E-state index contributed by atoms with van der Waals surface area (Å²) in [5.41, 5.74) is 0.414. The molecule has 0 heterocycles. The van der Waals surface area contributed by atoms with Crippen molar-refractivity contribution in [3.8, 4) is 5.75 Å². The minimum Gasteiger partial charge on any atom is -0.506 e. The molecule has 1 aliphatic carbocycles. The molecule has 1 aromatic rings. The predicted octanol–water partition coefficient (Wildman–Crippen LogP) is 3.29. The number of rotatable bonds is 2. The van der Waals surface area contributed by atoms with Crippen molar-refractivity contribution in [3.63, 3.8) is 0 Å². The molecule has 74 valence electrons. The van der Waals surface area contributed by atoms with Gasteiger partial charge in [-0.3, -0.25) is 4.79 Å². The molecule has 0 atom stereocenters. The minimum atomic E-state index is -0.0935. The van der Waals surface area contributed by atoms with E-state index in [2.05, 4.69) is 0 Å². The summed E-state index contributed by atoms with van der Waals surface area (Å²) in [6.45, 7) is 0. The second kappa shape index (κ2) is 3.44. The van der Waals surface area contributed by atoms with E-state index in [0.29, 0.717) is 5.56 Å². The van der Waals surface area contributed by atoms with Gasteiger partial charge in [-0.25, -0.2) is 0 Å². The highest BCUT2D eigenvalue weighted by atomic mass is 35.5. The van der Waals surface area contributed by atoms with Crippen molar-refractivity contribution < 1.29 is 9.90 Å². The van der Waals surface area contributed by atoms with Gasteiger partial charge in [0, 0.05) is 17.5 Å². The number of aromatic hydroxyl groups is 1. The van der Waals surface area contributed by atoms with E-state index in [-0.39, 0.29) is 27.5 Å². The number of carbonyl (C=O) groups is 1. The van der Waals surface area contributed by atoms with E-state index in [1.807, 2.05) is 0 Å². The molecular weight excluding hydrogens is 223 g/mol. The van der Waals surface area contributed by atoms with E-state index in [0.717, 1.165) is 12.8 Å². The lowest BCUT2D eigenvalue weighted by Gasteiger charge is -2.04. The number of benzene rings is 1. The molecule has 14 heavy (non-hydrogen) atoms. The van der Waals surface area contributed by atoms with Crippen LogP contribution in [0.4, 0.5) is 0 Å². The molecule has 2 rings (SSSR count). The summed E-state index contributed by atoms with van der Waals surface area (Å²) < 4.78 is 0. The normalized spacial score (nSPS) is 15.6. The Kier molecular flexibility index (Phi) is 2.41. The molecule has 0 saturated heterocycles. The maximum Gasteiger partial charge on any atom is 0.167 e. The number of halogens is 2. The Morgan fingerprint density at radius 3 is 2.50 bits per heavy atom. The molecule has 1 fully saturated rings. The number of hydrogen-bond donors (Lipinski definition) is 1. The van der Waals surface area contributed by atoms with Crippen LogP contribution >= 0.6 is 23.2 Å². The molecule has 4 heteroatoms. The van der Waals surface area contributed by atoms with Gasteiger partial charge in [-0.1, -0.05) is 23.2 Å². The summed E-state index contributed by atoms with van der Waals surface area (Å²) in [6.07, 6.45) is 1.85. The van der Waals surface area contributed by atoms with E-state index >= 15 is 0 Å². The third-order valence-corrected chi connectivity index (χ3v) is 2.87. The minimum absolute atomic E-state index is 0.0249. The van der Waals surface area contributed by atoms with Crippen molar-refractivity contribution in [2.75, 3.05) is 0 Å². The van der Waals surface area contributed by atoms with Gasteiger partial charge in [-0.05, 0) is 18.9 Å². The van der Waals surface area contributed by atoms with Crippen LogP contribution in [0.15, 0.2) is 12.1 Å². The zero-order valence-corrected chi connectivity index (χ0v) is 8.77. The van der Waals surface area contributed by atoms with Crippen molar-refractivity contribution in [1.29, 1.82) is 0 Å². The second-order valence-electron chi connectivity index (χ2n) is 3.42. The highest BCUT2D eigenvalue weighted by Crippen LogP contribution is 2.37. The Bertz CT molecular complexity index is 397. The van der Waals surface area contributed by atoms with Crippen LogP contribution in [-0.4, -0.2) is 10.9 Å². The van der Waals surface area contributed by atoms with Crippen LogP contribution in [0.25, 0.3) is 0 Å². The average molecular weight is 231 g/mol. The van der Waals surface area contributed by atoms with Crippen LogP contribution in [0.5, 0.6) is 5.75 Å². The van der Waals surface area contributed by atoms with Gasteiger partial charge in [-0.2, -0.15) is 0 Å². The van der Waals surface area contributed by atoms with Gasteiger partial charge in [0.1, 0.15) is 5.75 Å². The Labute approximate surface area is 91.4 Å². The van der Waals surface area contributed by atoms with Gasteiger partial charge >= 0.3 is 0 Å². The predicted molar refractivity (Wildman–Crippen MR) is 55.2 cm³/mol. The van der Waals surface area contributed by atoms with Crippen molar-refractivity contribution in [2.45, 2.75) is 12.8 Å². The monoisotopic (exact) mass is 230 g/mol. The largest absolute Gasteiger partial charge is 0.506 e. The lowest BCUT2D eigenvalue weighted by Crippen LogP contribution is -2.01. The van der Waals surface area contributed by atoms with Crippen LogP contribution in [-0.2, 0) is 0 Å². The Balaban J connectivity index is 2.41. The Morgan fingerprint density at radius 1 is 1.29 bits per heavy atom.